The zero-order chi connectivity index (χ0) is 65.2. The van der Waals surface area contributed by atoms with Crippen LogP contribution in [0.2, 0.25) is 0 Å². The third kappa shape index (κ3) is 62.8. The molecule has 0 rings (SSSR count). The Morgan fingerprint density at radius 2 is 0.523 bits per heavy atom. The lowest BCUT2D eigenvalue weighted by Gasteiger charge is -2.21. The molecule has 88 heavy (non-hydrogen) atoms. The van der Waals surface area contributed by atoms with Gasteiger partial charge in [-0.2, -0.15) is 0 Å². The first-order valence-corrected chi connectivity index (χ1v) is 38.8. The number of phosphoric ester groups is 2. The first-order chi connectivity index (χ1) is 42.2. The first-order valence-electron chi connectivity index (χ1n) is 35.8. The Bertz CT molecular complexity index is 1730. The molecular formula is C69H134O17P2. The van der Waals surface area contributed by atoms with Gasteiger partial charge in [0.1, 0.15) is 19.3 Å². The van der Waals surface area contributed by atoms with Gasteiger partial charge in [-0.15, -0.1) is 0 Å². The number of unbranched alkanes of at least 4 members (excludes halogenated alkanes) is 35. The van der Waals surface area contributed by atoms with Crippen molar-refractivity contribution in [3.8, 4) is 0 Å². The van der Waals surface area contributed by atoms with Crippen molar-refractivity contribution in [1.82, 2.24) is 0 Å². The molecule has 5 atom stereocenters. The summed E-state index contributed by atoms with van der Waals surface area (Å²) in [5, 5.41) is 10.5. The number of aliphatic hydroxyl groups excluding tert-OH is 1. The lowest BCUT2D eigenvalue weighted by Crippen LogP contribution is -2.30. The van der Waals surface area contributed by atoms with Crippen molar-refractivity contribution in [2.75, 3.05) is 39.6 Å². The van der Waals surface area contributed by atoms with Crippen LogP contribution in [0.1, 0.15) is 344 Å². The van der Waals surface area contributed by atoms with E-state index in [-0.39, 0.29) is 25.7 Å². The van der Waals surface area contributed by atoms with Crippen molar-refractivity contribution in [2.45, 2.75) is 362 Å². The molecule has 0 saturated carbocycles. The van der Waals surface area contributed by atoms with Gasteiger partial charge in [-0.3, -0.25) is 37.3 Å². The topological polar surface area (TPSA) is 237 Å². The molecule has 19 heteroatoms. The zero-order valence-corrected chi connectivity index (χ0v) is 59.0. The molecule has 0 fully saturated rings. The van der Waals surface area contributed by atoms with E-state index >= 15 is 0 Å². The summed E-state index contributed by atoms with van der Waals surface area (Å²) in [7, 11) is -9.89. The van der Waals surface area contributed by atoms with Gasteiger partial charge in [-0.05, 0) is 43.4 Å². The van der Waals surface area contributed by atoms with Crippen LogP contribution in [-0.4, -0.2) is 96.7 Å². The van der Waals surface area contributed by atoms with E-state index < -0.39 is 97.5 Å². The second-order valence-electron chi connectivity index (χ2n) is 26.3. The van der Waals surface area contributed by atoms with Gasteiger partial charge in [0, 0.05) is 25.7 Å². The largest absolute Gasteiger partial charge is 0.472 e. The van der Waals surface area contributed by atoms with Crippen LogP contribution >= 0.6 is 15.6 Å². The highest BCUT2D eigenvalue weighted by Gasteiger charge is 2.30. The Labute approximate surface area is 537 Å². The van der Waals surface area contributed by atoms with Crippen molar-refractivity contribution in [2.24, 2.45) is 17.8 Å². The molecule has 17 nitrogen and oxygen atoms in total. The van der Waals surface area contributed by atoms with Gasteiger partial charge in [0.2, 0.25) is 0 Å². The van der Waals surface area contributed by atoms with Gasteiger partial charge < -0.3 is 33.8 Å². The quantitative estimate of drug-likeness (QED) is 0.0222. The Morgan fingerprint density at radius 3 is 0.773 bits per heavy atom. The summed E-state index contributed by atoms with van der Waals surface area (Å²) >= 11 is 0. The Balaban J connectivity index is 5.14. The number of ether oxygens (including phenoxy) is 4. The van der Waals surface area contributed by atoms with Gasteiger partial charge in [0.05, 0.1) is 26.4 Å². The summed E-state index contributed by atoms with van der Waals surface area (Å²) in [6.07, 6.45) is 43.7. The summed E-state index contributed by atoms with van der Waals surface area (Å²) < 4.78 is 68.0. The molecular weight excluding hydrogens is 1160 g/mol. The number of hydrogen-bond acceptors (Lipinski definition) is 15. The van der Waals surface area contributed by atoms with E-state index in [1.54, 1.807) is 0 Å². The van der Waals surface area contributed by atoms with E-state index in [1.807, 2.05) is 0 Å². The third-order valence-electron chi connectivity index (χ3n) is 15.9. The van der Waals surface area contributed by atoms with Crippen LogP contribution in [0.15, 0.2) is 0 Å². The van der Waals surface area contributed by atoms with E-state index in [9.17, 15) is 43.2 Å². The van der Waals surface area contributed by atoms with Crippen LogP contribution in [0.25, 0.3) is 0 Å². The molecule has 0 aromatic carbocycles. The molecule has 0 bridgehead atoms. The van der Waals surface area contributed by atoms with E-state index in [2.05, 4.69) is 48.5 Å². The van der Waals surface area contributed by atoms with Crippen molar-refractivity contribution >= 4 is 39.5 Å². The van der Waals surface area contributed by atoms with Gasteiger partial charge in [0.25, 0.3) is 0 Å². The number of hydrogen-bond donors (Lipinski definition) is 3. The van der Waals surface area contributed by atoms with Gasteiger partial charge in [-0.25, -0.2) is 9.13 Å². The maximum Gasteiger partial charge on any atom is 0.472 e. The second kappa shape index (κ2) is 60.0. The predicted octanol–water partition coefficient (Wildman–Crippen LogP) is 19.5. The van der Waals surface area contributed by atoms with Crippen molar-refractivity contribution in [3.05, 3.63) is 0 Å². The summed E-state index contributed by atoms with van der Waals surface area (Å²) in [5.41, 5.74) is 0. The molecule has 0 aliphatic carbocycles. The fourth-order valence-electron chi connectivity index (χ4n) is 10.4. The molecule has 0 aliphatic heterocycles. The average molecular weight is 1300 g/mol. The maximum absolute atomic E-state index is 13.0. The minimum absolute atomic E-state index is 0.101. The third-order valence-corrected chi connectivity index (χ3v) is 17.8. The van der Waals surface area contributed by atoms with E-state index in [0.29, 0.717) is 31.6 Å². The van der Waals surface area contributed by atoms with Crippen LogP contribution in [0.3, 0.4) is 0 Å². The molecule has 0 aliphatic rings. The van der Waals surface area contributed by atoms with Crippen molar-refractivity contribution in [3.63, 3.8) is 0 Å². The average Bonchev–Trinajstić information content (AvgIpc) is 3.70. The Morgan fingerprint density at radius 1 is 0.307 bits per heavy atom. The van der Waals surface area contributed by atoms with E-state index in [1.165, 1.54) is 148 Å². The highest BCUT2D eigenvalue weighted by Crippen LogP contribution is 2.45. The van der Waals surface area contributed by atoms with Crippen LogP contribution < -0.4 is 0 Å². The summed E-state index contributed by atoms with van der Waals surface area (Å²) in [6, 6.07) is 0. The molecule has 522 valence electrons. The monoisotopic (exact) mass is 1300 g/mol. The lowest BCUT2D eigenvalue weighted by atomic mass is 10.0. The second-order valence-corrected chi connectivity index (χ2v) is 29.3. The highest BCUT2D eigenvalue weighted by atomic mass is 31.2. The SMILES string of the molecule is CCCCCCCC(=O)OC[C@H](COP(=O)(O)OC[C@H](O)COP(=O)(O)OC[C@@H](COC(=O)CCCCCCCCCCCCCCC(C)C)OC(=O)CCCCCCCCCCCCCCCCCCC(C)C)OC(=O)CCCCCCCCC(C)C. The fraction of sp³-hybridized carbons (Fsp3) is 0.942. The van der Waals surface area contributed by atoms with Crippen molar-refractivity contribution in [1.29, 1.82) is 0 Å². The number of phosphoric acid groups is 2. The highest BCUT2D eigenvalue weighted by molar-refractivity contribution is 7.47. The molecule has 0 saturated heterocycles. The van der Waals surface area contributed by atoms with Gasteiger partial charge in [0.15, 0.2) is 12.2 Å². The molecule has 0 aromatic heterocycles. The minimum atomic E-state index is -4.95. The summed E-state index contributed by atoms with van der Waals surface area (Å²) in [4.78, 5) is 72.1. The van der Waals surface area contributed by atoms with Crippen molar-refractivity contribution < 1.29 is 80.2 Å². The van der Waals surface area contributed by atoms with Crippen LogP contribution in [0.5, 0.6) is 0 Å². The lowest BCUT2D eigenvalue weighted by molar-refractivity contribution is -0.161. The fourth-order valence-corrected chi connectivity index (χ4v) is 11.9. The molecule has 3 N–H and O–H groups in total. The van der Waals surface area contributed by atoms with Gasteiger partial charge >= 0.3 is 39.5 Å². The van der Waals surface area contributed by atoms with Crippen LogP contribution in [-0.2, 0) is 65.4 Å². The smallest absolute Gasteiger partial charge is 0.462 e. The number of rotatable bonds is 67. The molecule has 0 aromatic rings. The van der Waals surface area contributed by atoms with Crippen LogP contribution in [0, 0.1) is 17.8 Å². The number of carbonyl (C=O) groups is 4. The van der Waals surface area contributed by atoms with E-state index in [4.69, 9.17) is 37.0 Å². The van der Waals surface area contributed by atoms with Crippen LogP contribution in [0.4, 0.5) is 0 Å². The molecule has 0 spiro atoms. The number of carbonyl (C=O) groups excluding carboxylic acids is 4. The predicted molar refractivity (Wildman–Crippen MR) is 354 cm³/mol. The van der Waals surface area contributed by atoms with Gasteiger partial charge in [-0.1, -0.05) is 292 Å². The number of aliphatic hydroxyl groups is 1. The standard InChI is InChI=1S/C69H134O17P2/c1-8-9-10-33-43-50-66(71)79-56-64(86-69(74)53-46-39-32-31-36-42-49-62(6)7)58-83-87(75,76)81-54-63(70)55-82-88(77,78)84-59-65(57-80-67(72)51-44-37-29-25-21-18-17-20-24-28-35-41-48-61(4)5)85-68(73)52-45-38-30-26-22-16-14-12-11-13-15-19-23-27-34-40-47-60(2)3/h60-65,70H,8-59H2,1-7H3,(H,75,76)(H,77,78)/t63-,64+,65+/m0/s1. The molecule has 0 amide bonds. The summed E-state index contributed by atoms with van der Waals surface area (Å²) in [6.45, 7) is 11.7. The number of esters is 4. The first kappa shape index (κ1) is 86.1. The Hall–Kier alpha value is -1.94. The molecule has 0 heterocycles. The minimum Gasteiger partial charge on any atom is -0.462 e. The molecule has 0 radical (unpaired) electrons. The maximum atomic E-state index is 13.0. The van der Waals surface area contributed by atoms with E-state index in [0.717, 1.165) is 108 Å². The molecule has 2 unspecified atom stereocenters. The normalized spacial score (nSPS) is 14.2. The zero-order valence-electron chi connectivity index (χ0n) is 57.2. The Kier molecular flexibility index (Phi) is 58.7. The summed E-state index contributed by atoms with van der Waals surface area (Å²) in [5.74, 6) is 0.118.